The number of nitrogens with zero attached hydrogens (tertiary/aromatic N) is 3. The normalized spacial score (nSPS) is 16.7. The zero-order valence-corrected chi connectivity index (χ0v) is 10.1. The molecule has 0 spiro atoms. The van der Waals surface area contributed by atoms with Crippen LogP contribution in [0.25, 0.3) is 5.69 Å². The molecule has 0 aromatic carbocycles. The first-order valence-electron chi connectivity index (χ1n) is 6.25. The molecule has 1 saturated heterocycles. The van der Waals surface area contributed by atoms with Crippen molar-refractivity contribution in [2.75, 3.05) is 13.1 Å². The number of hydrogen-bond donors (Lipinski definition) is 1. The minimum Gasteiger partial charge on any atom is -0.474 e. The number of piperidine rings is 1. The molecule has 1 fully saturated rings. The molecule has 18 heavy (non-hydrogen) atoms. The zero-order chi connectivity index (χ0) is 12.2. The third-order valence-corrected chi connectivity index (χ3v) is 3.06. The number of hydrogen-bond acceptors (Lipinski definition) is 4. The van der Waals surface area contributed by atoms with E-state index in [1.54, 1.807) is 17.1 Å². The quantitative estimate of drug-likeness (QED) is 0.886. The van der Waals surface area contributed by atoms with Crippen molar-refractivity contribution in [3.63, 3.8) is 0 Å². The molecule has 2 aromatic heterocycles. The number of aromatic nitrogens is 3. The van der Waals surface area contributed by atoms with Gasteiger partial charge in [-0.1, -0.05) is 0 Å². The van der Waals surface area contributed by atoms with E-state index in [2.05, 4.69) is 15.4 Å². The highest BCUT2D eigenvalue weighted by atomic mass is 16.5. The van der Waals surface area contributed by atoms with Crippen LogP contribution in [0.3, 0.4) is 0 Å². The van der Waals surface area contributed by atoms with E-state index in [0.29, 0.717) is 5.88 Å². The smallest absolute Gasteiger partial charge is 0.213 e. The molecule has 3 rings (SSSR count). The maximum absolute atomic E-state index is 5.85. The minimum atomic E-state index is 0.286. The molecule has 0 saturated carbocycles. The topological polar surface area (TPSA) is 52.0 Å². The molecular formula is C13H16N4O. The largest absolute Gasteiger partial charge is 0.474 e. The zero-order valence-electron chi connectivity index (χ0n) is 10.1. The van der Waals surface area contributed by atoms with Crippen LogP contribution in [0.4, 0.5) is 0 Å². The maximum Gasteiger partial charge on any atom is 0.213 e. The molecular weight excluding hydrogens is 228 g/mol. The second-order valence-electron chi connectivity index (χ2n) is 4.37. The fourth-order valence-corrected chi connectivity index (χ4v) is 2.08. The van der Waals surface area contributed by atoms with Crippen molar-refractivity contribution in [2.45, 2.75) is 18.9 Å². The summed E-state index contributed by atoms with van der Waals surface area (Å²) in [7, 11) is 0. The standard InChI is InChI=1S/C13H16N4O/c1-6-16-17(9-1)11-2-3-13(15-10-11)18-12-4-7-14-8-5-12/h1-3,6,9-10,12,14H,4-5,7-8H2. The SMILES string of the molecule is c1cnn(-c2ccc(OC3CCNCC3)nc2)c1. The van der Waals surface area contributed by atoms with Crippen LogP contribution in [0.2, 0.25) is 0 Å². The molecule has 1 aliphatic heterocycles. The summed E-state index contributed by atoms with van der Waals surface area (Å²) in [5, 5.41) is 7.48. The van der Waals surface area contributed by atoms with Crippen LogP contribution in [-0.4, -0.2) is 34.0 Å². The summed E-state index contributed by atoms with van der Waals surface area (Å²) in [4.78, 5) is 4.33. The Morgan fingerprint density at radius 3 is 2.83 bits per heavy atom. The Morgan fingerprint density at radius 1 is 1.28 bits per heavy atom. The van der Waals surface area contributed by atoms with E-state index in [0.717, 1.165) is 31.6 Å². The molecule has 5 heteroatoms. The van der Waals surface area contributed by atoms with E-state index >= 15 is 0 Å². The lowest BCUT2D eigenvalue weighted by Crippen LogP contribution is -2.34. The van der Waals surface area contributed by atoms with Crippen molar-refractivity contribution in [3.05, 3.63) is 36.8 Å². The summed E-state index contributed by atoms with van der Waals surface area (Å²) >= 11 is 0. The van der Waals surface area contributed by atoms with E-state index in [9.17, 15) is 0 Å². The molecule has 2 aromatic rings. The maximum atomic E-state index is 5.85. The Labute approximate surface area is 106 Å². The van der Waals surface area contributed by atoms with Gasteiger partial charge >= 0.3 is 0 Å². The highest BCUT2D eigenvalue weighted by Gasteiger charge is 2.14. The molecule has 0 bridgehead atoms. The van der Waals surface area contributed by atoms with Gasteiger partial charge in [-0.25, -0.2) is 9.67 Å². The summed E-state index contributed by atoms with van der Waals surface area (Å²) < 4.78 is 7.63. The summed E-state index contributed by atoms with van der Waals surface area (Å²) in [5.74, 6) is 0.692. The lowest BCUT2D eigenvalue weighted by atomic mass is 10.1. The van der Waals surface area contributed by atoms with Gasteiger partial charge in [-0.05, 0) is 38.1 Å². The van der Waals surface area contributed by atoms with Crippen LogP contribution in [0.15, 0.2) is 36.8 Å². The highest BCUT2D eigenvalue weighted by molar-refractivity contribution is 5.30. The molecule has 0 radical (unpaired) electrons. The van der Waals surface area contributed by atoms with Crippen LogP contribution < -0.4 is 10.1 Å². The Bertz CT molecular complexity index is 474. The van der Waals surface area contributed by atoms with Gasteiger partial charge in [0, 0.05) is 18.5 Å². The molecule has 0 amide bonds. The molecule has 0 unspecified atom stereocenters. The van der Waals surface area contributed by atoms with Crippen molar-refractivity contribution in [1.29, 1.82) is 0 Å². The number of pyridine rings is 1. The van der Waals surface area contributed by atoms with Gasteiger partial charge in [-0.3, -0.25) is 0 Å². The summed E-state index contributed by atoms with van der Waals surface area (Å²) in [5.41, 5.74) is 0.942. The molecule has 1 aliphatic rings. The molecule has 3 heterocycles. The van der Waals surface area contributed by atoms with Crippen LogP contribution in [0.5, 0.6) is 5.88 Å². The van der Waals surface area contributed by atoms with Crippen molar-refractivity contribution < 1.29 is 4.74 Å². The van der Waals surface area contributed by atoms with E-state index < -0.39 is 0 Å². The van der Waals surface area contributed by atoms with E-state index in [1.807, 2.05) is 24.4 Å². The molecule has 1 N–H and O–H groups in total. The van der Waals surface area contributed by atoms with Gasteiger partial charge < -0.3 is 10.1 Å². The van der Waals surface area contributed by atoms with Crippen molar-refractivity contribution in [2.24, 2.45) is 0 Å². The van der Waals surface area contributed by atoms with Gasteiger partial charge in [-0.2, -0.15) is 5.10 Å². The molecule has 0 atom stereocenters. The van der Waals surface area contributed by atoms with Crippen molar-refractivity contribution in [1.82, 2.24) is 20.1 Å². The summed E-state index contributed by atoms with van der Waals surface area (Å²) in [6.45, 7) is 2.05. The van der Waals surface area contributed by atoms with Crippen LogP contribution in [0.1, 0.15) is 12.8 Å². The second-order valence-corrected chi connectivity index (χ2v) is 4.37. The first-order chi connectivity index (χ1) is 8.92. The Balaban J connectivity index is 1.67. The Hall–Kier alpha value is -1.88. The van der Waals surface area contributed by atoms with Gasteiger partial charge in [0.05, 0.1) is 11.9 Å². The highest BCUT2D eigenvalue weighted by Crippen LogP contribution is 2.15. The van der Waals surface area contributed by atoms with Crippen LogP contribution in [-0.2, 0) is 0 Å². The van der Waals surface area contributed by atoms with E-state index in [-0.39, 0.29) is 6.10 Å². The Morgan fingerprint density at radius 2 is 2.17 bits per heavy atom. The van der Waals surface area contributed by atoms with Gasteiger partial charge in [0.1, 0.15) is 6.10 Å². The third-order valence-electron chi connectivity index (χ3n) is 3.06. The van der Waals surface area contributed by atoms with E-state index in [4.69, 9.17) is 4.74 Å². The fraction of sp³-hybridized carbons (Fsp3) is 0.385. The van der Waals surface area contributed by atoms with Crippen LogP contribution >= 0.6 is 0 Å². The molecule has 5 nitrogen and oxygen atoms in total. The predicted octanol–water partition coefficient (Wildman–Crippen LogP) is 1.40. The van der Waals surface area contributed by atoms with Gasteiger partial charge in [0.2, 0.25) is 5.88 Å². The van der Waals surface area contributed by atoms with Crippen molar-refractivity contribution >= 4 is 0 Å². The van der Waals surface area contributed by atoms with Gasteiger partial charge in [-0.15, -0.1) is 0 Å². The average Bonchev–Trinajstić information content (AvgIpc) is 2.95. The second kappa shape index (κ2) is 5.18. The predicted molar refractivity (Wildman–Crippen MR) is 67.9 cm³/mol. The molecule has 0 aliphatic carbocycles. The van der Waals surface area contributed by atoms with Crippen molar-refractivity contribution in [3.8, 4) is 11.6 Å². The summed E-state index contributed by atoms with van der Waals surface area (Å²) in [6, 6.07) is 5.76. The minimum absolute atomic E-state index is 0.286. The average molecular weight is 244 g/mol. The number of ether oxygens (including phenoxy) is 1. The van der Waals surface area contributed by atoms with Gasteiger partial charge in [0.15, 0.2) is 0 Å². The third kappa shape index (κ3) is 2.51. The Kier molecular flexibility index (Phi) is 3.23. The van der Waals surface area contributed by atoms with Crippen LogP contribution in [0, 0.1) is 0 Å². The van der Waals surface area contributed by atoms with Gasteiger partial charge in [0.25, 0.3) is 0 Å². The monoisotopic (exact) mass is 244 g/mol. The lowest BCUT2D eigenvalue weighted by molar-refractivity contribution is 0.156. The summed E-state index contributed by atoms with van der Waals surface area (Å²) in [6.07, 6.45) is 7.80. The number of nitrogens with one attached hydrogen (secondary N) is 1. The molecule has 94 valence electrons. The first-order valence-corrected chi connectivity index (χ1v) is 6.25. The lowest BCUT2D eigenvalue weighted by Gasteiger charge is -2.23. The first kappa shape index (κ1) is 11.2. The number of rotatable bonds is 3. The van der Waals surface area contributed by atoms with E-state index in [1.165, 1.54) is 0 Å². The fourth-order valence-electron chi connectivity index (χ4n) is 2.08.